The van der Waals surface area contributed by atoms with E-state index in [0.29, 0.717) is 36.2 Å². The van der Waals surface area contributed by atoms with Crippen molar-refractivity contribution in [2.75, 3.05) is 56.3 Å². The molecule has 6 aromatic rings. The molecular formula is C60H67Cl2F4N11O5. The molecule has 5 N–H and O–H groups in total. The van der Waals surface area contributed by atoms with Crippen molar-refractivity contribution in [1.29, 1.82) is 5.26 Å². The zero-order chi connectivity index (χ0) is 58.5. The standard InChI is InChI=1S/C60H67Cl2F4N11O5/c1-59(2,3)28-48-60(33-67,41-19-16-38(61)27-43(41)63)50(40-9-8-10-42(62)51(40)64)53(74-48)57(80)71-44-20-15-36(25-47(44)81-5)55(78)69-22-6-7-24-76(4)30-35-13-17-39(18-14-35)77-31-45(52(75-77)54(65)66)72-56(79)46-32-82-58(73-46)37-21-23-68-49(26-37)70-29-34-11-12-34/h8-10,15-16,19-21,23,25-27,31-32,34-35,39,48,50,53-54,74H,6-7,11-14,17-18,22,24,28-30H2,1-5H3,(H,68,70)(H,69,78)(H,71,80)(H,72,79)/t35-,39-,48-,50-,53+,60-/m0/s1. The van der Waals surface area contributed by atoms with Crippen LogP contribution in [0.1, 0.15) is 135 Å². The number of anilines is 3. The Kier molecular flexibility index (Phi) is 18.6. The zero-order valence-corrected chi connectivity index (χ0v) is 47.8. The van der Waals surface area contributed by atoms with Crippen LogP contribution in [0.25, 0.3) is 11.5 Å². The van der Waals surface area contributed by atoms with Gasteiger partial charge in [-0.1, -0.05) is 62.2 Å². The number of carbonyl (C=O) groups is 3. The number of oxazole rings is 1. The van der Waals surface area contributed by atoms with E-state index in [1.165, 1.54) is 74.9 Å². The Hall–Kier alpha value is -7.05. The minimum absolute atomic E-state index is 0.0480. The van der Waals surface area contributed by atoms with Gasteiger partial charge in [-0.05, 0) is 143 Å². The molecule has 3 fully saturated rings. The number of unbranched alkanes of at least 4 members (excludes halogenated alkanes) is 1. The summed E-state index contributed by atoms with van der Waals surface area (Å²) < 4.78 is 73.7. The first-order chi connectivity index (χ1) is 39.2. The normalized spacial score (nSPS) is 20.9. The second-order valence-electron chi connectivity index (χ2n) is 22.9. The third kappa shape index (κ3) is 13.7. The van der Waals surface area contributed by atoms with Gasteiger partial charge in [0.1, 0.15) is 34.9 Å². The zero-order valence-electron chi connectivity index (χ0n) is 46.3. The monoisotopic (exact) mass is 1170 g/mol. The molecule has 2 saturated carbocycles. The Bertz CT molecular complexity index is 3320. The maximum atomic E-state index is 16.2. The van der Waals surface area contributed by atoms with Gasteiger partial charge in [0.25, 0.3) is 18.2 Å². The number of aromatic nitrogens is 4. The number of methoxy groups -OCH3 is 1. The predicted molar refractivity (Wildman–Crippen MR) is 305 cm³/mol. The number of benzene rings is 3. The summed E-state index contributed by atoms with van der Waals surface area (Å²) in [5.74, 6) is -2.54. The van der Waals surface area contributed by atoms with Gasteiger partial charge in [0.2, 0.25) is 11.8 Å². The molecule has 3 aromatic heterocycles. The van der Waals surface area contributed by atoms with Crippen molar-refractivity contribution in [1.82, 2.24) is 35.3 Å². The number of pyridine rings is 1. The molecule has 0 bridgehead atoms. The smallest absolute Gasteiger partial charge is 0.284 e. The number of hydrogen-bond acceptors (Lipinski definition) is 12. The van der Waals surface area contributed by atoms with Gasteiger partial charge in [0.15, 0.2) is 11.4 Å². The van der Waals surface area contributed by atoms with Crippen molar-refractivity contribution in [3.63, 3.8) is 0 Å². The fourth-order valence-corrected chi connectivity index (χ4v) is 11.8. The van der Waals surface area contributed by atoms with Crippen LogP contribution in [-0.2, 0) is 10.2 Å². The maximum Gasteiger partial charge on any atom is 0.284 e. The molecule has 1 saturated heterocycles. The fourth-order valence-electron chi connectivity index (χ4n) is 11.4. The Morgan fingerprint density at radius 3 is 2.44 bits per heavy atom. The van der Waals surface area contributed by atoms with Crippen LogP contribution >= 0.6 is 23.2 Å². The van der Waals surface area contributed by atoms with E-state index >= 15 is 8.78 Å². The van der Waals surface area contributed by atoms with Gasteiger partial charge in [-0.15, -0.1) is 0 Å². The summed E-state index contributed by atoms with van der Waals surface area (Å²) in [6.45, 7) is 8.70. The van der Waals surface area contributed by atoms with Crippen LogP contribution in [0.3, 0.4) is 0 Å². The largest absolute Gasteiger partial charge is 0.495 e. The summed E-state index contributed by atoms with van der Waals surface area (Å²) >= 11 is 12.5. The van der Waals surface area contributed by atoms with Crippen LogP contribution in [0.15, 0.2) is 89.8 Å². The molecule has 0 unspecified atom stereocenters. The third-order valence-electron chi connectivity index (χ3n) is 15.7. The number of hydrogen-bond donors (Lipinski definition) is 5. The lowest BCUT2D eigenvalue weighted by Crippen LogP contribution is -2.45. The third-order valence-corrected chi connectivity index (χ3v) is 16.2. The van der Waals surface area contributed by atoms with Gasteiger partial charge in [-0.2, -0.15) is 10.4 Å². The molecule has 1 aliphatic heterocycles. The number of halogens is 6. The molecule has 82 heavy (non-hydrogen) atoms. The Morgan fingerprint density at radius 1 is 0.963 bits per heavy atom. The minimum Gasteiger partial charge on any atom is -0.495 e. The highest BCUT2D eigenvalue weighted by Crippen LogP contribution is 2.53. The van der Waals surface area contributed by atoms with Crippen molar-refractivity contribution in [2.45, 2.75) is 114 Å². The van der Waals surface area contributed by atoms with E-state index in [1.54, 1.807) is 29.1 Å². The lowest BCUT2D eigenvalue weighted by atomic mass is 9.62. The van der Waals surface area contributed by atoms with Gasteiger partial charge in [0.05, 0.1) is 41.7 Å². The molecule has 2 aliphatic carbocycles. The number of alkyl halides is 2. The Balaban J connectivity index is 0.749. The van der Waals surface area contributed by atoms with Crippen LogP contribution in [0.5, 0.6) is 5.75 Å². The maximum absolute atomic E-state index is 16.2. The summed E-state index contributed by atoms with van der Waals surface area (Å²) in [7, 11) is 3.44. The summed E-state index contributed by atoms with van der Waals surface area (Å²) in [5, 5.41) is 30.3. The molecule has 9 rings (SSSR count). The summed E-state index contributed by atoms with van der Waals surface area (Å²) in [5.41, 5.74) is -1.90. The first kappa shape index (κ1) is 59.6. The molecule has 4 heterocycles. The van der Waals surface area contributed by atoms with Crippen LogP contribution < -0.4 is 31.3 Å². The number of carbonyl (C=O) groups excluding carboxylic acids is 3. The van der Waals surface area contributed by atoms with Gasteiger partial charge >= 0.3 is 0 Å². The summed E-state index contributed by atoms with van der Waals surface area (Å²) in [6, 6.07) is 16.4. The van der Waals surface area contributed by atoms with Crippen molar-refractivity contribution in [3.8, 4) is 23.3 Å². The van der Waals surface area contributed by atoms with Crippen molar-refractivity contribution < 1.29 is 41.1 Å². The average molecular weight is 1170 g/mol. The van der Waals surface area contributed by atoms with Gasteiger partial charge in [0, 0.05) is 65.7 Å². The van der Waals surface area contributed by atoms with Gasteiger partial charge < -0.3 is 40.6 Å². The predicted octanol–water partition coefficient (Wildman–Crippen LogP) is 12.4. The van der Waals surface area contributed by atoms with Gasteiger partial charge in [-0.25, -0.2) is 27.5 Å². The average Bonchev–Trinajstić information content (AvgIpc) is 3.59. The molecule has 0 radical (unpaired) electrons. The first-order valence-corrected chi connectivity index (χ1v) is 28.4. The topological polar surface area (TPSA) is 204 Å². The number of nitrogens with one attached hydrogen (secondary N) is 5. The van der Waals surface area contributed by atoms with Crippen molar-refractivity contribution in [2.24, 2.45) is 17.3 Å². The highest BCUT2D eigenvalue weighted by Gasteiger charge is 2.61. The molecule has 3 aliphatic rings. The number of ether oxygens (including phenoxy) is 1. The van der Waals surface area contributed by atoms with Crippen molar-refractivity contribution >= 4 is 58.1 Å². The fraction of sp³-hybridized carbons (Fsp3) is 0.450. The van der Waals surface area contributed by atoms with Crippen LogP contribution in [0, 0.1) is 40.2 Å². The second kappa shape index (κ2) is 25.6. The van der Waals surface area contributed by atoms with Crippen LogP contribution in [0.4, 0.5) is 34.8 Å². The number of rotatable bonds is 22. The van der Waals surface area contributed by atoms with Gasteiger partial charge in [-0.3, -0.25) is 19.1 Å². The summed E-state index contributed by atoms with van der Waals surface area (Å²) in [6.07, 6.45) is 8.75. The summed E-state index contributed by atoms with van der Waals surface area (Å²) in [4.78, 5) is 52.2. The molecule has 434 valence electrons. The second-order valence-corrected chi connectivity index (χ2v) is 23.8. The molecule has 22 heteroatoms. The van der Waals surface area contributed by atoms with E-state index in [4.69, 9.17) is 32.4 Å². The minimum atomic E-state index is -2.91. The quantitative estimate of drug-likeness (QED) is 0.0318. The highest BCUT2D eigenvalue weighted by atomic mass is 35.5. The molecule has 3 amide bonds. The lowest BCUT2D eigenvalue weighted by Gasteiger charge is -2.37. The van der Waals surface area contributed by atoms with E-state index < -0.39 is 64.4 Å². The van der Waals surface area contributed by atoms with E-state index in [1.807, 2.05) is 20.8 Å². The Labute approximate surface area is 484 Å². The van der Waals surface area contributed by atoms with E-state index in [9.17, 15) is 28.4 Å². The van der Waals surface area contributed by atoms with Crippen LogP contribution in [-0.4, -0.2) is 94.8 Å². The Morgan fingerprint density at radius 2 is 1.73 bits per heavy atom. The highest BCUT2D eigenvalue weighted by molar-refractivity contribution is 6.31. The number of nitriles is 1. The molecule has 16 nitrogen and oxygen atoms in total. The lowest BCUT2D eigenvalue weighted by molar-refractivity contribution is -0.118. The molecular weight excluding hydrogens is 1100 g/mol. The van der Waals surface area contributed by atoms with Crippen LogP contribution in [0.2, 0.25) is 10.0 Å². The van der Waals surface area contributed by atoms with E-state index in [2.05, 4.69) is 59.7 Å². The SMILES string of the molecule is COc1cc(C(=O)NCCCCN(C)C[C@H]2CC[C@H](n3cc(NC(=O)c4coc(-c5ccnc(NCC6CC6)c5)n4)c(C(F)F)n3)CC2)ccc1NC(=O)[C@@H]1N[C@@H](CC(C)(C)C)[C@](C#N)(c2ccc(Cl)cc2F)[C@H]1c1cccc(Cl)c1F. The first-order valence-electron chi connectivity index (χ1n) is 27.6. The molecule has 4 atom stereocenters. The number of nitrogens with zero attached hydrogens (tertiary/aromatic N) is 6. The number of amides is 3. The van der Waals surface area contributed by atoms with E-state index in [-0.39, 0.29) is 73.8 Å². The van der Waals surface area contributed by atoms with Crippen molar-refractivity contribution in [3.05, 3.63) is 135 Å². The van der Waals surface area contributed by atoms with E-state index in [0.717, 1.165) is 57.8 Å². The molecule has 3 aromatic carbocycles. The molecule has 0 spiro atoms.